The van der Waals surface area contributed by atoms with Crippen molar-refractivity contribution in [2.75, 3.05) is 19.6 Å². The van der Waals surface area contributed by atoms with Crippen molar-refractivity contribution < 1.29 is 13.2 Å². The molecule has 16 heavy (non-hydrogen) atoms. The first kappa shape index (κ1) is 13.7. The zero-order valence-electron chi connectivity index (χ0n) is 9.31. The second kappa shape index (κ2) is 4.87. The van der Waals surface area contributed by atoms with Crippen molar-refractivity contribution in [3.8, 4) is 0 Å². The van der Waals surface area contributed by atoms with E-state index < -0.39 is 12.7 Å². The molecule has 0 saturated heterocycles. The summed E-state index contributed by atoms with van der Waals surface area (Å²) >= 11 is 4.82. The zero-order valence-corrected chi connectivity index (χ0v) is 10.1. The third-order valence-electron chi connectivity index (χ3n) is 2.92. The highest BCUT2D eigenvalue weighted by Gasteiger charge is 2.45. The molecule has 0 radical (unpaired) electrons. The monoisotopic (exact) mass is 254 g/mol. The lowest BCUT2D eigenvalue weighted by Crippen LogP contribution is -2.38. The molecule has 0 aliphatic heterocycles. The molecule has 0 aromatic heterocycles. The van der Waals surface area contributed by atoms with Gasteiger partial charge in [0.25, 0.3) is 0 Å². The number of hydrogen-bond donors (Lipinski definition) is 1. The van der Waals surface area contributed by atoms with Gasteiger partial charge in [0.2, 0.25) is 0 Å². The molecule has 0 heterocycles. The van der Waals surface area contributed by atoms with Gasteiger partial charge in [-0.05, 0) is 24.8 Å². The Hall–Kier alpha value is -0.360. The Morgan fingerprint density at radius 1 is 1.44 bits per heavy atom. The van der Waals surface area contributed by atoms with Crippen molar-refractivity contribution >= 4 is 17.2 Å². The van der Waals surface area contributed by atoms with Crippen LogP contribution < -0.4 is 5.73 Å². The molecule has 94 valence electrons. The minimum atomic E-state index is -4.13. The van der Waals surface area contributed by atoms with Crippen LogP contribution >= 0.6 is 12.2 Å². The fourth-order valence-corrected chi connectivity index (χ4v) is 2.25. The SMILES string of the molecule is CCN(CC(F)(F)F)CC1(CC(N)=S)CC1. The van der Waals surface area contributed by atoms with Gasteiger partial charge in [-0.3, -0.25) is 4.90 Å². The minimum Gasteiger partial charge on any atom is -0.393 e. The second-order valence-electron chi connectivity index (χ2n) is 4.56. The minimum absolute atomic E-state index is 0.0763. The number of hydrogen-bond acceptors (Lipinski definition) is 2. The highest BCUT2D eigenvalue weighted by molar-refractivity contribution is 7.80. The molecule has 1 rings (SSSR count). The van der Waals surface area contributed by atoms with E-state index in [1.165, 1.54) is 4.90 Å². The van der Waals surface area contributed by atoms with Crippen molar-refractivity contribution in [1.29, 1.82) is 0 Å². The van der Waals surface area contributed by atoms with Crippen molar-refractivity contribution in [3.63, 3.8) is 0 Å². The molecule has 2 nitrogen and oxygen atoms in total. The van der Waals surface area contributed by atoms with E-state index in [1.807, 2.05) is 0 Å². The van der Waals surface area contributed by atoms with Crippen molar-refractivity contribution in [2.24, 2.45) is 11.1 Å². The molecular formula is C10H17F3N2S. The number of nitrogens with two attached hydrogens (primary N) is 1. The molecule has 2 N–H and O–H groups in total. The topological polar surface area (TPSA) is 29.3 Å². The first-order valence-corrected chi connectivity index (χ1v) is 5.75. The molecule has 1 aliphatic carbocycles. The first-order valence-electron chi connectivity index (χ1n) is 5.34. The van der Waals surface area contributed by atoms with Crippen LogP contribution in [-0.4, -0.2) is 35.7 Å². The van der Waals surface area contributed by atoms with Crippen LogP contribution in [0.1, 0.15) is 26.2 Å². The van der Waals surface area contributed by atoms with Crippen LogP contribution in [0.25, 0.3) is 0 Å². The molecule has 0 aromatic carbocycles. The van der Waals surface area contributed by atoms with Gasteiger partial charge in [-0.25, -0.2) is 0 Å². The maximum absolute atomic E-state index is 12.3. The van der Waals surface area contributed by atoms with Gasteiger partial charge < -0.3 is 5.73 Å². The lowest BCUT2D eigenvalue weighted by molar-refractivity contribution is -0.147. The molecule has 0 aromatic rings. The van der Waals surface area contributed by atoms with Crippen LogP contribution in [0.15, 0.2) is 0 Å². The van der Waals surface area contributed by atoms with Crippen LogP contribution in [0.3, 0.4) is 0 Å². The van der Waals surface area contributed by atoms with E-state index in [0.717, 1.165) is 12.8 Å². The van der Waals surface area contributed by atoms with E-state index in [2.05, 4.69) is 0 Å². The molecule has 1 fully saturated rings. The summed E-state index contributed by atoms with van der Waals surface area (Å²) in [4.78, 5) is 1.83. The smallest absolute Gasteiger partial charge is 0.393 e. The Labute approximate surface area is 99.0 Å². The van der Waals surface area contributed by atoms with Crippen LogP contribution in [0.5, 0.6) is 0 Å². The van der Waals surface area contributed by atoms with Crippen LogP contribution in [0.2, 0.25) is 0 Å². The normalized spacial score (nSPS) is 18.8. The van der Waals surface area contributed by atoms with Gasteiger partial charge in [-0.1, -0.05) is 19.1 Å². The Bertz CT molecular complexity index is 261. The average Bonchev–Trinajstić information content (AvgIpc) is 2.80. The molecular weight excluding hydrogens is 237 g/mol. The average molecular weight is 254 g/mol. The maximum Gasteiger partial charge on any atom is 0.401 e. The molecule has 0 unspecified atom stereocenters. The van der Waals surface area contributed by atoms with Gasteiger partial charge in [-0.15, -0.1) is 0 Å². The largest absolute Gasteiger partial charge is 0.401 e. The number of nitrogens with zero attached hydrogens (tertiary/aromatic N) is 1. The first-order chi connectivity index (χ1) is 7.26. The molecule has 0 amide bonds. The fraction of sp³-hybridized carbons (Fsp3) is 0.900. The van der Waals surface area contributed by atoms with Crippen molar-refractivity contribution in [3.05, 3.63) is 0 Å². The van der Waals surface area contributed by atoms with Crippen molar-refractivity contribution in [2.45, 2.75) is 32.4 Å². The fourth-order valence-electron chi connectivity index (χ4n) is 1.94. The number of thiocarbonyl (C=S) groups is 1. The quantitative estimate of drug-likeness (QED) is 0.738. The molecule has 0 bridgehead atoms. The lowest BCUT2D eigenvalue weighted by Gasteiger charge is -2.26. The summed E-state index contributed by atoms with van der Waals surface area (Å²) in [6.07, 6.45) is -1.70. The summed E-state index contributed by atoms with van der Waals surface area (Å²) < 4.78 is 36.8. The Balaban J connectivity index is 2.47. The third kappa shape index (κ3) is 4.65. The van der Waals surface area contributed by atoms with Gasteiger partial charge in [0.05, 0.1) is 11.5 Å². The second-order valence-corrected chi connectivity index (χ2v) is 5.09. The van der Waals surface area contributed by atoms with Gasteiger partial charge in [0.15, 0.2) is 0 Å². The summed E-state index contributed by atoms with van der Waals surface area (Å²) in [5, 5.41) is 0. The summed E-state index contributed by atoms with van der Waals surface area (Å²) in [6.45, 7) is 1.74. The van der Waals surface area contributed by atoms with E-state index >= 15 is 0 Å². The van der Waals surface area contributed by atoms with E-state index in [4.69, 9.17) is 18.0 Å². The molecule has 0 spiro atoms. The summed E-state index contributed by atoms with van der Waals surface area (Å²) in [7, 11) is 0. The summed E-state index contributed by atoms with van der Waals surface area (Å²) in [5.74, 6) is 0. The van der Waals surface area contributed by atoms with Gasteiger partial charge in [0.1, 0.15) is 0 Å². The lowest BCUT2D eigenvalue weighted by atomic mass is 10.0. The van der Waals surface area contributed by atoms with E-state index in [9.17, 15) is 13.2 Å². The number of rotatable bonds is 6. The van der Waals surface area contributed by atoms with Crippen LogP contribution in [0.4, 0.5) is 13.2 Å². The molecule has 0 atom stereocenters. The summed E-state index contributed by atoms with van der Waals surface area (Å²) in [5.41, 5.74) is 5.38. The Morgan fingerprint density at radius 2 is 2.00 bits per heavy atom. The standard InChI is InChI=1S/C10H17F3N2S/c1-2-15(7-10(11,12)13)6-9(3-4-9)5-8(14)16/h2-7H2,1H3,(H2,14,16). The highest BCUT2D eigenvalue weighted by atomic mass is 32.1. The third-order valence-corrected chi connectivity index (χ3v) is 3.06. The predicted octanol–water partition coefficient (Wildman–Crippen LogP) is 2.33. The molecule has 6 heteroatoms. The van der Waals surface area contributed by atoms with E-state index in [0.29, 0.717) is 24.5 Å². The van der Waals surface area contributed by atoms with E-state index in [-0.39, 0.29) is 5.41 Å². The Kier molecular flexibility index (Phi) is 4.17. The van der Waals surface area contributed by atoms with Crippen LogP contribution in [0, 0.1) is 5.41 Å². The predicted molar refractivity (Wildman–Crippen MR) is 61.2 cm³/mol. The zero-order chi connectivity index (χ0) is 12.4. The maximum atomic E-state index is 12.3. The van der Waals surface area contributed by atoms with E-state index in [1.54, 1.807) is 6.92 Å². The highest BCUT2D eigenvalue weighted by Crippen LogP contribution is 2.49. The molecule has 1 saturated carbocycles. The van der Waals surface area contributed by atoms with Gasteiger partial charge in [0, 0.05) is 13.0 Å². The summed E-state index contributed by atoms with van der Waals surface area (Å²) in [6, 6.07) is 0. The van der Waals surface area contributed by atoms with Gasteiger partial charge >= 0.3 is 6.18 Å². The molecule has 1 aliphatic rings. The van der Waals surface area contributed by atoms with Crippen LogP contribution in [-0.2, 0) is 0 Å². The number of alkyl halides is 3. The van der Waals surface area contributed by atoms with Gasteiger partial charge in [-0.2, -0.15) is 13.2 Å². The van der Waals surface area contributed by atoms with Crippen molar-refractivity contribution in [1.82, 2.24) is 4.90 Å². The number of halogens is 3. The Morgan fingerprint density at radius 3 is 2.31 bits per heavy atom.